The van der Waals surface area contributed by atoms with Gasteiger partial charge in [-0.25, -0.2) is 9.69 Å². The lowest BCUT2D eigenvalue weighted by Crippen LogP contribution is -2.64. The zero-order chi connectivity index (χ0) is 23.4. The number of halogens is 1. The molecule has 0 unspecified atom stereocenters. The molecule has 3 heterocycles. The molecule has 0 atom stereocenters. The average molecular weight is 463 g/mol. The van der Waals surface area contributed by atoms with E-state index in [-0.39, 0.29) is 12.8 Å². The highest BCUT2D eigenvalue weighted by Crippen LogP contribution is 2.38. The van der Waals surface area contributed by atoms with Gasteiger partial charge in [0.1, 0.15) is 5.41 Å². The van der Waals surface area contributed by atoms with Gasteiger partial charge in [-0.1, -0.05) is 29.8 Å². The quantitative estimate of drug-likeness (QED) is 0.529. The van der Waals surface area contributed by atoms with E-state index in [0.717, 1.165) is 16.3 Å². The number of hydrogen-bond acceptors (Lipinski definition) is 5. The summed E-state index contributed by atoms with van der Waals surface area (Å²) in [6, 6.07) is 15.2. The third kappa shape index (κ3) is 4.64. The van der Waals surface area contributed by atoms with E-state index in [2.05, 4.69) is 15.3 Å². The van der Waals surface area contributed by atoms with E-state index in [1.54, 1.807) is 49.6 Å². The van der Waals surface area contributed by atoms with Crippen LogP contribution >= 0.6 is 11.6 Å². The average Bonchev–Trinajstić information content (AvgIpc) is 2.82. The molecular weight excluding hydrogens is 440 g/mol. The van der Waals surface area contributed by atoms with Crippen molar-refractivity contribution in [1.82, 2.24) is 15.3 Å². The van der Waals surface area contributed by atoms with E-state index in [9.17, 15) is 14.4 Å². The van der Waals surface area contributed by atoms with Crippen molar-refractivity contribution in [2.24, 2.45) is 5.41 Å². The number of anilines is 1. The third-order valence-electron chi connectivity index (χ3n) is 5.95. The number of carbonyl (C=O) groups excluding carboxylic acids is 3. The maximum Gasteiger partial charge on any atom is 0.335 e. The van der Waals surface area contributed by atoms with E-state index in [1.807, 2.05) is 24.3 Å². The molecule has 1 saturated heterocycles. The van der Waals surface area contributed by atoms with Crippen molar-refractivity contribution in [3.05, 3.63) is 89.0 Å². The predicted octanol–water partition coefficient (Wildman–Crippen LogP) is 4.27. The van der Waals surface area contributed by atoms with Gasteiger partial charge in [0.25, 0.3) is 5.91 Å². The van der Waals surface area contributed by atoms with Crippen LogP contribution in [0.15, 0.2) is 67.0 Å². The Morgan fingerprint density at radius 2 is 1.52 bits per heavy atom. The number of pyridine rings is 2. The molecule has 4 rings (SSSR count). The highest BCUT2D eigenvalue weighted by molar-refractivity contribution is 6.32. The molecule has 8 heteroatoms. The Balaban J connectivity index is 1.73. The van der Waals surface area contributed by atoms with Crippen molar-refractivity contribution in [2.45, 2.75) is 32.6 Å². The first kappa shape index (κ1) is 22.6. The van der Waals surface area contributed by atoms with Crippen LogP contribution in [-0.2, 0) is 22.4 Å². The second-order valence-electron chi connectivity index (χ2n) is 8.05. The first-order valence-corrected chi connectivity index (χ1v) is 11.0. The minimum atomic E-state index is -1.46. The summed E-state index contributed by atoms with van der Waals surface area (Å²) >= 11 is 6.16. The van der Waals surface area contributed by atoms with Crippen molar-refractivity contribution in [3.63, 3.8) is 0 Å². The van der Waals surface area contributed by atoms with Crippen molar-refractivity contribution in [3.8, 4) is 0 Å². The molecule has 2 aromatic heterocycles. The number of hydrogen-bond donors (Lipinski definition) is 1. The predicted molar refractivity (Wildman–Crippen MR) is 125 cm³/mol. The molecule has 1 aliphatic rings. The van der Waals surface area contributed by atoms with E-state index in [0.29, 0.717) is 29.1 Å². The molecule has 1 aliphatic heterocycles. The zero-order valence-corrected chi connectivity index (χ0v) is 18.9. The van der Waals surface area contributed by atoms with Gasteiger partial charge >= 0.3 is 6.03 Å². The van der Waals surface area contributed by atoms with Crippen LogP contribution in [0.3, 0.4) is 0 Å². The van der Waals surface area contributed by atoms with Crippen LogP contribution in [0.4, 0.5) is 10.5 Å². The summed E-state index contributed by atoms with van der Waals surface area (Å²) in [6.07, 6.45) is 4.54. The molecule has 33 heavy (non-hydrogen) atoms. The molecule has 0 radical (unpaired) electrons. The second kappa shape index (κ2) is 9.50. The number of urea groups is 1. The largest absolute Gasteiger partial charge is 0.335 e. The topological polar surface area (TPSA) is 92.3 Å². The van der Waals surface area contributed by atoms with Gasteiger partial charge in [-0.15, -0.1) is 0 Å². The van der Waals surface area contributed by atoms with Gasteiger partial charge in [0.05, 0.1) is 5.69 Å². The fourth-order valence-corrected chi connectivity index (χ4v) is 4.23. The van der Waals surface area contributed by atoms with Gasteiger partial charge < -0.3 is 0 Å². The summed E-state index contributed by atoms with van der Waals surface area (Å²) in [5, 5.41) is 2.80. The van der Waals surface area contributed by atoms with E-state index < -0.39 is 23.3 Å². The zero-order valence-electron chi connectivity index (χ0n) is 18.1. The Kier molecular flexibility index (Phi) is 6.51. The number of imide groups is 2. The fraction of sp³-hybridized carbons (Fsp3) is 0.240. The summed E-state index contributed by atoms with van der Waals surface area (Å²) < 4.78 is 0. The minimum absolute atomic E-state index is 0.199. The smallest absolute Gasteiger partial charge is 0.276 e. The van der Waals surface area contributed by atoms with E-state index in [1.165, 1.54) is 0 Å². The number of carbonyl (C=O) groups is 3. The van der Waals surface area contributed by atoms with Crippen LogP contribution in [-0.4, -0.2) is 27.8 Å². The van der Waals surface area contributed by atoms with Crippen molar-refractivity contribution in [2.75, 3.05) is 4.90 Å². The molecule has 0 bridgehead atoms. The minimum Gasteiger partial charge on any atom is -0.276 e. The van der Waals surface area contributed by atoms with Crippen LogP contribution < -0.4 is 10.2 Å². The van der Waals surface area contributed by atoms with E-state index in [4.69, 9.17) is 11.6 Å². The Labute approximate surface area is 196 Å². The Morgan fingerprint density at radius 1 is 0.909 bits per heavy atom. The van der Waals surface area contributed by atoms with Gasteiger partial charge in [-0.3, -0.25) is 24.9 Å². The summed E-state index contributed by atoms with van der Waals surface area (Å²) in [6.45, 7) is 1.78. The Hall–Kier alpha value is -3.58. The van der Waals surface area contributed by atoms with Gasteiger partial charge in [0, 0.05) is 28.8 Å². The van der Waals surface area contributed by atoms with Gasteiger partial charge in [0.2, 0.25) is 5.91 Å². The Bertz CT molecular complexity index is 1140. The summed E-state index contributed by atoms with van der Waals surface area (Å²) in [5.74, 6) is -1.16. The standard InChI is InChI=1S/C25H23ClN4O3/c1-17-8-9-18(26)16-21(17)30-23(32)25(22(31)29-24(30)33,12-10-19-6-2-4-14-27-19)13-11-20-7-3-5-15-28-20/h2-9,14-16H,10-13H2,1H3,(H,29,31,33). The molecule has 3 aromatic rings. The van der Waals surface area contributed by atoms with Crippen LogP contribution in [0.1, 0.15) is 29.8 Å². The van der Waals surface area contributed by atoms with Crippen molar-refractivity contribution in [1.29, 1.82) is 0 Å². The monoisotopic (exact) mass is 462 g/mol. The highest BCUT2D eigenvalue weighted by Gasteiger charge is 2.53. The van der Waals surface area contributed by atoms with Crippen LogP contribution in [0.5, 0.6) is 0 Å². The van der Waals surface area contributed by atoms with Crippen LogP contribution in [0.2, 0.25) is 5.02 Å². The molecule has 1 aromatic carbocycles. The number of nitrogens with one attached hydrogen (secondary N) is 1. The third-order valence-corrected chi connectivity index (χ3v) is 6.19. The molecule has 0 spiro atoms. The maximum atomic E-state index is 13.9. The van der Waals surface area contributed by atoms with Crippen molar-refractivity contribution < 1.29 is 14.4 Å². The number of aromatic nitrogens is 2. The molecule has 0 aliphatic carbocycles. The number of barbiturate groups is 1. The summed E-state index contributed by atoms with van der Waals surface area (Å²) in [4.78, 5) is 49.7. The molecule has 168 valence electrons. The SMILES string of the molecule is Cc1ccc(Cl)cc1N1C(=O)NC(=O)C(CCc2ccccn2)(CCc2ccccn2)C1=O. The maximum absolute atomic E-state index is 13.9. The molecule has 1 N–H and O–H groups in total. The molecular formula is C25H23ClN4O3. The number of benzene rings is 1. The lowest BCUT2D eigenvalue weighted by atomic mass is 9.74. The first-order valence-electron chi connectivity index (χ1n) is 10.7. The van der Waals surface area contributed by atoms with Gasteiger partial charge in [-0.05, 0) is 74.6 Å². The number of rotatable bonds is 7. The Morgan fingerprint density at radius 3 is 2.06 bits per heavy atom. The number of aryl methyl sites for hydroxylation is 3. The number of amides is 4. The highest BCUT2D eigenvalue weighted by atomic mass is 35.5. The van der Waals surface area contributed by atoms with Gasteiger partial charge in [0.15, 0.2) is 0 Å². The molecule has 4 amide bonds. The molecule has 1 fully saturated rings. The lowest BCUT2D eigenvalue weighted by molar-refractivity contribution is -0.143. The molecule has 0 saturated carbocycles. The summed E-state index contributed by atoms with van der Waals surface area (Å²) in [5.41, 5.74) is 1.12. The first-order chi connectivity index (χ1) is 15.9. The normalized spacial score (nSPS) is 15.5. The van der Waals surface area contributed by atoms with Crippen molar-refractivity contribution >= 4 is 35.1 Å². The van der Waals surface area contributed by atoms with Crippen LogP contribution in [0.25, 0.3) is 0 Å². The molecule has 7 nitrogen and oxygen atoms in total. The van der Waals surface area contributed by atoms with E-state index >= 15 is 0 Å². The summed E-state index contributed by atoms with van der Waals surface area (Å²) in [7, 11) is 0. The number of nitrogens with zero attached hydrogens (tertiary/aromatic N) is 3. The van der Waals surface area contributed by atoms with Crippen LogP contribution in [0, 0.1) is 12.3 Å². The van der Waals surface area contributed by atoms with Gasteiger partial charge in [-0.2, -0.15) is 0 Å². The fourth-order valence-electron chi connectivity index (χ4n) is 4.06. The second-order valence-corrected chi connectivity index (χ2v) is 8.49. The lowest BCUT2D eigenvalue weighted by Gasteiger charge is -2.40.